The summed E-state index contributed by atoms with van der Waals surface area (Å²) in [4.78, 5) is 22.9. The van der Waals surface area contributed by atoms with Crippen molar-refractivity contribution in [3.8, 4) is 5.75 Å². The van der Waals surface area contributed by atoms with Crippen LogP contribution in [0.2, 0.25) is 20.1 Å². The van der Waals surface area contributed by atoms with Crippen molar-refractivity contribution in [3.05, 3.63) is 26.2 Å². The Hall–Kier alpha value is -0.680. The summed E-state index contributed by atoms with van der Waals surface area (Å²) in [5, 5.41) is 0.321. The van der Waals surface area contributed by atoms with Crippen molar-refractivity contribution < 1.29 is 19.1 Å². The molecule has 0 aliphatic heterocycles. The SMILES string of the molecule is CCOC(=O)CCCCC(=O)Oc1c(Cl)cc(Cl)c(Cl)c1Cl. The van der Waals surface area contributed by atoms with Crippen LogP contribution in [0.1, 0.15) is 32.6 Å². The molecule has 8 heteroatoms. The summed E-state index contributed by atoms with van der Waals surface area (Å²) in [6.07, 6.45) is 1.38. The van der Waals surface area contributed by atoms with Crippen LogP contribution in [0.4, 0.5) is 0 Å². The number of ether oxygens (including phenoxy) is 2. The fourth-order valence-corrected chi connectivity index (χ4v) is 2.56. The van der Waals surface area contributed by atoms with Gasteiger partial charge < -0.3 is 9.47 Å². The van der Waals surface area contributed by atoms with Gasteiger partial charge >= 0.3 is 11.9 Å². The van der Waals surface area contributed by atoms with Crippen LogP contribution in [0.15, 0.2) is 6.07 Å². The van der Waals surface area contributed by atoms with Gasteiger partial charge in [0, 0.05) is 12.8 Å². The fraction of sp³-hybridized carbons (Fsp3) is 0.429. The smallest absolute Gasteiger partial charge is 0.311 e. The van der Waals surface area contributed by atoms with E-state index in [1.54, 1.807) is 6.92 Å². The van der Waals surface area contributed by atoms with Crippen LogP contribution in [-0.4, -0.2) is 18.5 Å². The summed E-state index contributed by atoms with van der Waals surface area (Å²) in [6, 6.07) is 1.35. The first-order valence-corrected chi connectivity index (χ1v) is 8.07. The Morgan fingerprint density at radius 3 is 2.14 bits per heavy atom. The first-order valence-electron chi connectivity index (χ1n) is 6.56. The molecule has 1 aromatic carbocycles. The molecule has 0 saturated heterocycles. The first-order chi connectivity index (χ1) is 10.4. The van der Waals surface area contributed by atoms with Gasteiger partial charge in [0.25, 0.3) is 0 Å². The third-order valence-electron chi connectivity index (χ3n) is 2.61. The number of esters is 2. The topological polar surface area (TPSA) is 52.6 Å². The number of unbranched alkanes of at least 4 members (excludes halogenated alkanes) is 1. The third kappa shape index (κ3) is 5.84. The molecule has 0 heterocycles. The zero-order chi connectivity index (χ0) is 16.7. The van der Waals surface area contributed by atoms with E-state index in [1.165, 1.54) is 6.07 Å². The Bertz CT molecular complexity index is 560. The van der Waals surface area contributed by atoms with Crippen molar-refractivity contribution in [2.75, 3.05) is 6.61 Å². The molecule has 0 spiro atoms. The van der Waals surface area contributed by atoms with Crippen molar-refractivity contribution in [2.45, 2.75) is 32.6 Å². The molecule has 0 aromatic heterocycles. The Kier molecular flexibility index (Phi) is 8.33. The van der Waals surface area contributed by atoms with E-state index in [0.717, 1.165) is 0 Å². The Morgan fingerprint density at radius 2 is 1.55 bits per heavy atom. The molecule has 0 fully saturated rings. The van der Waals surface area contributed by atoms with Gasteiger partial charge in [-0.3, -0.25) is 9.59 Å². The third-order valence-corrected chi connectivity index (χ3v) is 4.13. The quantitative estimate of drug-likeness (QED) is 0.208. The summed E-state index contributed by atoms with van der Waals surface area (Å²) >= 11 is 23.5. The molecule has 0 atom stereocenters. The van der Waals surface area contributed by atoms with Gasteiger partial charge in [0.05, 0.1) is 21.7 Å². The maximum Gasteiger partial charge on any atom is 0.311 e. The molecule has 0 radical (unpaired) electrons. The zero-order valence-electron chi connectivity index (χ0n) is 11.8. The van der Waals surface area contributed by atoms with Crippen LogP contribution in [-0.2, 0) is 14.3 Å². The number of carbonyl (C=O) groups is 2. The molecule has 0 bridgehead atoms. The molecular formula is C14H14Cl4O4. The van der Waals surface area contributed by atoms with Crippen molar-refractivity contribution in [1.82, 2.24) is 0 Å². The lowest BCUT2D eigenvalue weighted by molar-refractivity contribution is -0.143. The van der Waals surface area contributed by atoms with Crippen LogP contribution < -0.4 is 4.74 Å². The minimum Gasteiger partial charge on any atom is -0.466 e. The second-order valence-electron chi connectivity index (χ2n) is 4.28. The second-order valence-corrected chi connectivity index (χ2v) is 5.85. The van der Waals surface area contributed by atoms with Gasteiger partial charge in [-0.15, -0.1) is 0 Å². The maximum absolute atomic E-state index is 11.8. The first kappa shape index (κ1) is 19.4. The van der Waals surface area contributed by atoms with E-state index < -0.39 is 5.97 Å². The summed E-state index contributed by atoms with van der Waals surface area (Å²) in [5.74, 6) is -0.828. The van der Waals surface area contributed by atoms with Crippen molar-refractivity contribution in [1.29, 1.82) is 0 Å². The predicted molar refractivity (Wildman–Crippen MR) is 87.2 cm³/mol. The second kappa shape index (κ2) is 9.46. The van der Waals surface area contributed by atoms with Crippen molar-refractivity contribution in [2.24, 2.45) is 0 Å². The maximum atomic E-state index is 11.8. The van der Waals surface area contributed by atoms with E-state index in [0.29, 0.717) is 19.4 Å². The highest BCUT2D eigenvalue weighted by molar-refractivity contribution is 6.50. The monoisotopic (exact) mass is 386 g/mol. The lowest BCUT2D eigenvalue weighted by Gasteiger charge is -2.10. The Balaban J connectivity index is 2.50. The largest absolute Gasteiger partial charge is 0.466 e. The molecule has 0 aliphatic rings. The van der Waals surface area contributed by atoms with Gasteiger partial charge in [-0.05, 0) is 25.8 Å². The highest BCUT2D eigenvalue weighted by Crippen LogP contribution is 2.42. The standard InChI is InChI=1S/C14H14Cl4O4/c1-2-21-10(19)5-3-4-6-11(20)22-14-9(16)7-8(15)12(17)13(14)18/h7H,2-6H2,1H3. The van der Waals surface area contributed by atoms with E-state index in [9.17, 15) is 9.59 Å². The molecule has 22 heavy (non-hydrogen) atoms. The summed E-state index contributed by atoms with van der Waals surface area (Å²) in [6.45, 7) is 2.08. The Morgan fingerprint density at radius 1 is 0.955 bits per heavy atom. The molecule has 122 valence electrons. The van der Waals surface area contributed by atoms with E-state index in [2.05, 4.69) is 0 Å². The highest BCUT2D eigenvalue weighted by Gasteiger charge is 2.18. The van der Waals surface area contributed by atoms with E-state index >= 15 is 0 Å². The molecule has 0 saturated carbocycles. The van der Waals surface area contributed by atoms with Gasteiger partial charge in [0.15, 0.2) is 5.75 Å². The van der Waals surface area contributed by atoms with Gasteiger partial charge in [-0.2, -0.15) is 0 Å². The molecule has 1 aromatic rings. The van der Waals surface area contributed by atoms with Crippen LogP contribution in [0, 0.1) is 0 Å². The van der Waals surface area contributed by atoms with Crippen LogP contribution in [0.25, 0.3) is 0 Å². The van der Waals surface area contributed by atoms with E-state index in [4.69, 9.17) is 55.9 Å². The normalized spacial score (nSPS) is 10.4. The summed E-state index contributed by atoms with van der Waals surface area (Å²) < 4.78 is 9.89. The minimum atomic E-state index is -0.522. The highest BCUT2D eigenvalue weighted by atomic mass is 35.5. The Labute approximate surface area is 148 Å². The number of hydrogen-bond acceptors (Lipinski definition) is 4. The molecule has 0 unspecified atom stereocenters. The van der Waals surface area contributed by atoms with Gasteiger partial charge in [0.1, 0.15) is 5.02 Å². The van der Waals surface area contributed by atoms with Crippen molar-refractivity contribution in [3.63, 3.8) is 0 Å². The lowest BCUT2D eigenvalue weighted by atomic mass is 10.2. The minimum absolute atomic E-state index is 0.0148. The van der Waals surface area contributed by atoms with Gasteiger partial charge in [-0.25, -0.2) is 0 Å². The molecule has 0 N–H and O–H groups in total. The molecule has 0 amide bonds. The van der Waals surface area contributed by atoms with Crippen LogP contribution in [0.5, 0.6) is 5.75 Å². The van der Waals surface area contributed by atoms with Crippen molar-refractivity contribution >= 4 is 58.3 Å². The van der Waals surface area contributed by atoms with Crippen LogP contribution >= 0.6 is 46.4 Å². The summed E-state index contributed by atoms with van der Waals surface area (Å²) in [5.41, 5.74) is 0. The average Bonchev–Trinajstić information content (AvgIpc) is 2.46. The summed E-state index contributed by atoms with van der Waals surface area (Å²) in [7, 11) is 0. The zero-order valence-corrected chi connectivity index (χ0v) is 14.8. The van der Waals surface area contributed by atoms with E-state index in [-0.39, 0.29) is 44.7 Å². The average molecular weight is 388 g/mol. The molecule has 0 aliphatic carbocycles. The number of hydrogen-bond donors (Lipinski definition) is 0. The molecular weight excluding hydrogens is 374 g/mol. The number of halogens is 4. The number of carbonyl (C=O) groups excluding carboxylic acids is 2. The van der Waals surface area contributed by atoms with Crippen LogP contribution in [0.3, 0.4) is 0 Å². The van der Waals surface area contributed by atoms with Gasteiger partial charge in [-0.1, -0.05) is 46.4 Å². The van der Waals surface area contributed by atoms with Gasteiger partial charge in [0.2, 0.25) is 0 Å². The molecule has 4 nitrogen and oxygen atoms in total. The molecule has 1 rings (SSSR count). The lowest BCUT2D eigenvalue weighted by Crippen LogP contribution is -2.09. The number of rotatable bonds is 7. The predicted octanol–water partition coefficient (Wildman–Crippen LogP) is 5.33. The number of benzene rings is 1. The van der Waals surface area contributed by atoms with E-state index in [1.807, 2.05) is 0 Å². The fourth-order valence-electron chi connectivity index (χ4n) is 1.58.